The SMILES string of the molecule is Cc1ncc(-c2[nH]c(=O)ncc2F)n1C(C)C. The Kier molecular flexibility index (Phi) is 2.79. The van der Waals surface area contributed by atoms with Gasteiger partial charge in [0, 0.05) is 6.04 Å². The third-order valence-electron chi connectivity index (χ3n) is 2.52. The number of nitrogens with one attached hydrogen (secondary N) is 1. The maximum atomic E-state index is 13.6. The molecule has 0 aliphatic carbocycles. The Morgan fingerprint density at radius 2 is 2.06 bits per heavy atom. The third kappa shape index (κ3) is 1.98. The Morgan fingerprint density at radius 3 is 2.71 bits per heavy atom. The highest BCUT2D eigenvalue weighted by atomic mass is 19.1. The molecule has 90 valence electrons. The number of nitrogens with zero attached hydrogens (tertiary/aromatic N) is 3. The second kappa shape index (κ2) is 4.12. The van der Waals surface area contributed by atoms with Crippen molar-refractivity contribution < 1.29 is 4.39 Å². The van der Waals surface area contributed by atoms with Gasteiger partial charge in [0.25, 0.3) is 0 Å². The minimum atomic E-state index is -0.574. The zero-order valence-corrected chi connectivity index (χ0v) is 9.86. The summed E-state index contributed by atoms with van der Waals surface area (Å²) < 4.78 is 15.5. The molecule has 2 aromatic heterocycles. The first-order valence-electron chi connectivity index (χ1n) is 5.29. The van der Waals surface area contributed by atoms with Crippen molar-refractivity contribution in [3.05, 3.63) is 34.5 Å². The van der Waals surface area contributed by atoms with Crippen molar-refractivity contribution in [3.8, 4) is 11.4 Å². The lowest BCUT2D eigenvalue weighted by atomic mass is 10.2. The second-order valence-electron chi connectivity index (χ2n) is 4.07. The topological polar surface area (TPSA) is 63.6 Å². The summed E-state index contributed by atoms with van der Waals surface area (Å²) in [5, 5.41) is 0. The molecule has 1 N–H and O–H groups in total. The average molecular weight is 236 g/mol. The van der Waals surface area contributed by atoms with E-state index in [2.05, 4.69) is 15.0 Å². The van der Waals surface area contributed by atoms with Crippen molar-refractivity contribution >= 4 is 0 Å². The molecule has 0 saturated carbocycles. The Bertz CT molecular complexity index is 600. The van der Waals surface area contributed by atoms with E-state index in [1.807, 2.05) is 25.3 Å². The molecule has 0 unspecified atom stereocenters. The maximum Gasteiger partial charge on any atom is 0.345 e. The summed E-state index contributed by atoms with van der Waals surface area (Å²) in [5.74, 6) is 0.207. The largest absolute Gasteiger partial charge is 0.345 e. The van der Waals surface area contributed by atoms with Crippen molar-refractivity contribution in [2.75, 3.05) is 0 Å². The van der Waals surface area contributed by atoms with Gasteiger partial charge >= 0.3 is 5.69 Å². The third-order valence-corrected chi connectivity index (χ3v) is 2.52. The Hall–Kier alpha value is -1.98. The minimum absolute atomic E-state index is 0.124. The number of hydrogen-bond donors (Lipinski definition) is 1. The van der Waals surface area contributed by atoms with E-state index in [4.69, 9.17) is 0 Å². The predicted octanol–water partition coefficient (Wildman–Crippen LogP) is 1.66. The van der Waals surface area contributed by atoms with E-state index in [9.17, 15) is 9.18 Å². The molecule has 0 radical (unpaired) electrons. The highest BCUT2D eigenvalue weighted by Gasteiger charge is 2.15. The van der Waals surface area contributed by atoms with Crippen molar-refractivity contribution in [1.82, 2.24) is 19.5 Å². The number of aryl methyl sites for hydroxylation is 1. The molecular formula is C11H13FN4O. The van der Waals surface area contributed by atoms with Gasteiger partial charge in [0.2, 0.25) is 0 Å². The standard InChI is InChI=1S/C11H13FN4O/c1-6(2)16-7(3)13-5-9(16)10-8(12)4-14-11(17)15-10/h4-6H,1-3H3,(H,14,15,17). The summed E-state index contributed by atoms with van der Waals surface area (Å²) in [6, 6.07) is 0.128. The predicted molar refractivity (Wildman–Crippen MR) is 61.2 cm³/mol. The van der Waals surface area contributed by atoms with Gasteiger partial charge in [-0.2, -0.15) is 4.98 Å². The number of aromatic nitrogens is 4. The van der Waals surface area contributed by atoms with Crippen LogP contribution in [0.25, 0.3) is 11.4 Å². The van der Waals surface area contributed by atoms with Crippen molar-refractivity contribution in [2.45, 2.75) is 26.8 Å². The highest BCUT2D eigenvalue weighted by Crippen LogP contribution is 2.23. The van der Waals surface area contributed by atoms with Crippen LogP contribution in [0.1, 0.15) is 25.7 Å². The summed E-state index contributed by atoms with van der Waals surface area (Å²) in [7, 11) is 0. The molecule has 0 fully saturated rings. The van der Waals surface area contributed by atoms with E-state index in [1.165, 1.54) is 0 Å². The first-order chi connectivity index (χ1) is 8.00. The smallest absolute Gasteiger partial charge is 0.324 e. The summed E-state index contributed by atoms with van der Waals surface area (Å²) in [4.78, 5) is 21.0. The van der Waals surface area contributed by atoms with Crippen molar-refractivity contribution in [2.24, 2.45) is 0 Å². The fourth-order valence-corrected chi connectivity index (χ4v) is 1.86. The molecule has 0 saturated heterocycles. The molecule has 0 spiro atoms. The van der Waals surface area contributed by atoms with Gasteiger partial charge in [-0.15, -0.1) is 0 Å². The quantitative estimate of drug-likeness (QED) is 0.862. The van der Waals surface area contributed by atoms with E-state index in [0.29, 0.717) is 5.69 Å². The lowest BCUT2D eigenvalue weighted by molar-refractivity contribution is 0.577. The van der Waals surface area contributed by atoms with Crippen LogP contribution in [0.2, 0.25) is 0 Å². The van der Waals surface area contributed by atoms with Crippen LogP contribution in [0.15, 0.2) is 17.2 Å². The zero-order chi connectivity index (χ0) is 12.6. The molecule has 0 atom stereocenters. The zero-order valence-electron chi connectivity index (χ0n) is 9.86. The van der Waals surface area contributed by atoms with Crippen LogP contribution in [0, 0.1) is 12.7 Å². The van der Waals surface area contributed by atoms with Crippen LogP contribution in [0.4, 0.5) is 4.39 Å². The van der Waals surface area contributed by atoms with E-state index < -0.39 is 11.5 Å². The van der Waals surface area contributed by atoms with E-state index in [-0.39, 0.29) is 11.7 Å². The molecule has 17 heavy (non-hydrogen) atoms. The van der Waals surface area contributed by atoms with Crippen LogP contribution in [-0.2, 0) is 0 Å². The summed E-state index contributed by atoms with van der Waals surface area (Å²) in [5.41, 5.74) is 0.101. The molecule has 0 aliphatic heterocycles. The van der Waals surface area contributed by atoms with Crippen LogP contribution >= 0.6 is 0 Å². The number of H-pyrrole nitrogens is 1. The molecule has 0 amide bonds. The van der Waals surface area contributed by atoms with Gasteiger partial charge in [0.1, 0.15) is 11.5 Å². The monoisotopic (exact) mass is 236 g/mol. The average Bonchev–Trinajstić information content (AvgIpc) is 2.64. The van der Waals surface area contributed by atoms with Gasteiger partial charge in [0.05, 0.1) is 18.1 Å². The fourth-order valence-electron chi connectivity index (χ4n) is 1.86. The van der Waals surface area contributed by atoms with Crippen LogP contribution < -0.4 is 5.69 Å². The fraction of sp³-hybridized carbons (Fsp3) is 0.364. The second-order valence-corrected chi connectivity index (χ2v) is 4.07. The van der Waals surface area contributed by atoms with Gasteiger partial charge in [0.15, 0.2) is 5.82 Å². The molecule has 6 heteroatoms. The highest BCUT2D eigenvalue weighted by molar-refractivity contribution is 5.54. The normalized spacial score (nSPS) is 11.1. The lowest BCUT2D eigenvalue weighted by Crippen LogP contribution is -2.14. The number of hydrogen-bond acceptors (Lipinski definition) is 3. The number of imidazole rings is 1. The molecule has 2 aromatic rings. The molecule has 5 nitrogen and oxygen atoms in total. The van der Waals surface area contributed by atoms with E-state index >= 15 is 0 Å². The Labute approximate surface area is 97.4 Å². The minimum Gasteiger partial charge on any atom is -0.324 e. The van der Waals surface area contributed by atoms with Gasteiger partial charge in [-0.05, 0) is 20.8 Å². The number of aromatic amines is 1. The molecular weight excluding hydrogens is 223 g/mol. The van der Waals surface area contributed by atoms with Gasteiger partial charge in [-0.1, -0.05) is 0 Å². The van der Waals surface area contributed by atoms with Gasteiger partial charge in [-0.25, -0.2) is 14.2 Å². The maximum absolute atomic E-state index is 13.6. The molecule has 0 bridgehead atoms. The van der Waals surface area contributed by atoms with Crippen molar-refractivity contribution in [3.63, 3.8) is 0 Å². The van der Waals surface area contributed by atoms with Crippen LogP contribution in [0.3, 0.4) is 0 Å². The van der Waals surface area contributed by atoms with E-state index in [0.717, 1.165) is 12.0 Å². The lowest BCUT2D eigenvalue weighted by Gasteiger charge is -2.14. The van der Waals surface area contributed by atoms with Gasteiger partial charge in [-0.3, -0.25) is 0 Å². The summed E-state index contributed by atoms with van der Waals surface area (Å²) in [6.45, 7) is 5.77. The van der Waals surface area contributed by atoms with Crippen LogP contribution in [-0.4, -0.2) is 19.5 Å². The van der Waals surface area contributed by atoms with Crippen molar-refractivity contribution in [1.29, 1.82) is 0 Å². The summed E-state index contributed by atoms with van der Waals surface area (Å²) in [6.07, 6.45) is 2.46. The molecule has 0 aliphatic rings. The van der Waals surface area contributed by atoms with E-state index in [1.54, 1.807) is 6.20 Å². The summed E-state index contributed by atoms with van der Waals surface area (Å²) >= 11 is 0. The van der Waals surface area contributed by atoms with Gasteiger partial charge < -0.3 is 9.55 Å². The number of halogens is 1. The molecule has 2 heterocycles. The molecule has 0 aromatic carbocycles. The van der Waals surface area contributed by atoms with Crippen LogP contribution in [0.5, 0.6) is 0 Å². The molecule has 2 rings (SSSR count). The Balaban J connectivity index is 2.68. The Morgan fingerprint density at radius 1 is 1.35 bits per heavy atom. The first kappa shape index (κ1) is 11.5. The first-order valence-corrected chi connectivity index (χ1v) is 5.29. The number of rotatable bonds is 2.